The molecule has 2 aromatic carbocycles. The molecule has 1 aliphatic rings. The van der Waals surface area contributed by atoms with Crippen molar-refractivity contribution in [2.24, 2.45) is 5.92 Å². The SMILES string of the molecule is CC(C)CC(NC(=O)c1nc2ccc(-c3ccc(S(C)=O)cc3)cc2o1)C(=O)NC1(C#N)CC1. The number of fused-ring (bicyclic) bond motifs is 1. The molecule has 1 saturated carbocycles. The quantitative estimate of drug-likeness (QED) is 0.510. The first-order chi connectivity index (χ1) is 16.2. The van der Waals surface area contributed by atoms with E-state index < -0.39 is 28.3 Å². The molecule has 0 bridgehead atoms. The molecular weight excluding hydrogens is 452 g/mol. The molecule has 3 aromatic rings. The lowest BCUT2D eigenvalue weighted by Crippen LogP contribution is -2.50. The summed E-state index contributed by atoms with van der Waals surface area (Å²) in [6, 6.07) is 14.1. The fourth-order valence-electron chi connectivity index (χ4n) is 3.68. The maximum atomic E-state index is 12.9. The molecule has 0 spiro atoms. The van der Waals surface area contributed by atoms with Crippen LogP contribution in [0.25, 0.3) is 22.2 Å². The Kier molecular flexibility index (Phi) is 6.53. The molecule has 1 fully saturated rings. The number of amides is 2. The summed E-state index contributed by atoms with van der Waals surface area (Å²) >= 11 is 0. The van der Waals surface area contributed by atoms with Crippen molar-refractivity contribution in [3.8, 4) is 17.2 Å². The van der Waals surface area contributed by atoms with Crippen LogP contribution in [0.15, 0.2) is 51.8 Å². The van der Waals surface area contributed by atoms with Crippen LogP contribution in [0.1, 0.15) is 43.8 Å². The minimum Gasteiger partial charge on any atom is -0.432 e. The molecule has 176 valence electrons. The summed E-state index contributed by atoms with van der Waals surface area (Å²) in [6.07, 6.45) is 3.28. The first kappa shape index (κ1) is 23.6. The number of carbonyl (C=O) groups is 2. The largest absolute Gasteiger partial charge is 0.432 e. The van der Waals surface area contributed by atoms with Crippen LogP contribution in [-0.2, 0) is 15.6 Å². The number of hydrogen-bond donors (Lipinski definition) is 2. The molecule has 2 amide bonds. The number of benzene rings is 2. The zero-order valence-corrected chi connectivity index (χ0v) is 20.1. The van der Waals surface area contributed by atoms with Crippen LogP contribution < -0.4 is 10.6 Å². The van der Waals surface area contributed by atoms with Gasteiger partial charge < -0.3 is 15.1 Å². The summed E-state index contributed by atoms with van der Waals surface area (Å²) in [6.45, 7) is 3.91. The lowest BCUT2D eigenvalue weighted by atomic mass is 10.0. The van der Waals surface area contributed by atoms with Gasteiger partial charge in [-0.3, -0.25) is 13.8 Å². The minimum atomic E-state index is -1.05. The molecule has 9 heteroatoms. The van der Waals surface area contributed by atoms with Crippen LogP contribution >= 0.6 is 0 Å². The van der Waals surface area contributed by atoms with Crippen LogP contribution in [0, 0.1) is 17.2 Å². The number of carbonyl (C=O) groups excluding carboxylic acids is 2. The van der Waals surface area contributed by atoms with Gasteiger partial charge >= 0.3 is 5.91 Å². The summed E-state index contributed by atoms with van der Waals surface area (Å²) in [5.74, 6) is -0.950. The van der Waals surface area contributed by atoms with Gasteiger partial charge in [-0.1, -0.05) is 32.0 Å². The number of nitrogens with one attached hydrogen (secondary N) is 2. The third kappa shape index (κ3) is 5.18. The average Bonchev–Trinajstić information content (AvgIpc) is 3.45. The molecule has 1 aromatic heterocycles. The van der Waals surface area contributed by atoms with E-state index >= 15 is 0 Å². The third-order valence-corrected chi connectivity index (χ3v) is 6.69. The fourth-order valence-corrected chi connectivity index (χ4v) is 4.20. The standard InChI is InChI=1S/C25H26N4O4S/c1-15(2)12-20(22(30)29-25(14-26)10-11-25)27-23(31)24-28-19-9-6-17(13-21(19)33-24)16-4-7-18(8-5-16)34(3)32/h4-9,13,15,20H,10-12H2,1-3H3,(H,27,31)(H,29,30). The Morgan fingerprint density at radius 2 is 1.85 bits per heavy atom. The van der Waals surface area contributed by atoms with Gasteiger partial charge in [-0.15, -0.1) is 0 Å². The van der Waals surface area contributed by atoms with Crippen molar-refractivity contribution in [2.75, 3.05) is 6.26 Å². The van der Waals surface area contributed by atoms with E-state index in [9.17, 15) is 19.1 Å². The topological polar surface area (TPSA) is 125 Å². The van der Waals surface area contributed by atoms with Crippen LogP contribution in [0.4, 0.5) is 0 Å². The number of oxazole rings is 1. The molecule has 2 unspecified atom stereocenters. The number of nitrogens with zero attached hydrogens (tertiary/aromatic N) is 2. The molecule has 1 heterocycles. The van der Waals surface area contributed by atoms with Crippen molar-refractivity contribution in [1.82, 2.24) is 15.6 Å². The van der Waals surface area contributed by atoms with E-state index in [4.69, 9.17) is 4.42 Å². The van der Waals surface area contributed by atoms with Gasteiger partial charge in [-0.05, 0) is 60.6 Å². The normalized spacial score (nSPS) is 16.0. The second-order valence-electron chi connectivity index (χ2n) is 9.02. The summed E-state index contributed by atoms with van der Waals surface area (Å²) in [4.78, 5) is 30.6. The molecule has 0 saturated heterocycles. The smallest absolute Gasteiger partial charge is 0.307 e. The van der Waals surface area contributed by atoms with E-state index in [1.165, 1.54) is 0 Å². The van der Waals surface area contributed by atoms with Gasteiger partial charge in [0.05, 0.1) is 6.07 Å². The van der Waals surface area contributed by atoms with Gasteiger partial charge in [-0.2, -0.15) is 5.26 Å². The monoisotopic (exact) mass is 478 g/mol. The average molecular weight is 479 g/mol. The summed E-state index contributed by atoms with van der Waals surface area (Å²) in [7, 11) is -1.05. The maximum absolute atomic E-state index is 12.9. The van der Waals surface area contributed by atoms with Gasteiger partial charge in [-0.25, -0.2) is 4.98 Å². The molecule has 0 aliphatic heterocycles. The second kappa shape index (κ2) is 9.39. The van der Waals surface area contributed by atoms with Crippen molar-refractivity contribution >= 4 is 33.7 Å². The first-order valence-electron chi connectivity index (χ1n) is 11.1. The number of rotatable bonds is 8. The summed E-state index contributed by atoms with van der Waals surface area (Å²) < 4.78 is 17.3. The fraction of sp³-hybridized carbons (Fsp3) is 0.360. The Hall–Kier alpha value is -3.51. The molecule has 34 heavy (non-hydrogen) atoms. The van der Waals surface area contributed by atoms with E-state index in [1.807, 2.05) is 44.2 Å². The Labute approximate surface area is 200 Å². The predicted molar refractivity (Wildman–Crippen MR) is 128 cm³/mol. The van der Waals surface area contributed by atoms with Crippen LogP contribution in [0.5, 0.6) is 0 Å². The van der Waals surface area contributed by atoms with Gasteiger partial charge in [0.1, 0.15) is 17.1 Å². The van der Waals surface area contributed by atoms with E-state index in [0.717, 1.165) is 16.0 Å². The van der Waals surface area contributed by atoms with Gasteiger partial charge in [0, 0.05) is 22.0 Å². The number of hydrogen-bond acceptors (Lipinski definition) is 6. The second-order valence-corrected chi connectivity index (χ2v) is 10.4. The molecule has 2 atom stereocenters. The highest BCUT2D eigenvalue weighted by atomic mass is 32.2. The Balaban J connectivity index is 1.52. The zero-order chi connectivity index (χ0) is 24.5. The predicted octanol–water partition coefficient (Wildman–Crippen LogP) is 3.55. The van der Waals surface area contributed by atoms with Crippen molar-refractivity contribution in [1.29, 1.82) is 5.26 Å². The Bertz CT molecular complexity index is 1300. The van der Waals surface area contributed by atoms with E-state index in [2.05, 4.69) is 21.7 Å². The maximum Gasteiger partial charge on any atom is 0.307 e. The Morgan fingerprint density at radius 3 is 2.44 bits per heavy atom. The van der Waals surface area contributed by atoms with E-state index in [1.54, 1.807) is 18.4 Å². The lowest BCUT2D eigenvalue weighted by Gasteiger charge is -2.21. The third-order valence-electron chi connectivity index (χ3n) is 5.76. The molecule has 1 aliphatic carbocycles. The van der Waals surface area contributed by atoms with Gasteiger partial charge in [0.25, 0.3) is 5.89 Å². The molecule has 4 rings (SSSR count). The molecule has 8 nitrogen and oxygen atoms in total. The Morgan fingerprint density at radius 1 is 1.18 bits per heavy atom. The summed E-state index contributed by atoms with van der Waals surface area (Å²) in [5.41, 5.74) is 1.93. The van der Waals surface area contributed by atoms with Crippen molar-refractivity contribution in [2.45, 2.75) is 49.6 Å². The van der Waals surface area contributed by atoms with Crippen molar-refractivity contribution in [3.63, 3.8) is 0 Å². The first-order valence-corrected chi connectivity index (χ1v) is 12.6. The van der Waals surface area contributed by atoms with Crippen molar-refractivity contribution < 1.29 is 18.2 Å². The molecule has 2 N–H and O–H groups in total. The highest BCUT2D eigenvalue weighted by Crippen LogP contribution is 2.34. The molecular formula is C25H26N4O4S. The molecule has 0 radical (unpaired) electrons. The highest BCUT2D eigenvalue weighted by molar-refractivity contribution is 7.84. The van der Waals surface area contributed by atoms with Crippen LogP contribution in [0.2, 0.25) is 0 Å². The zero-order valence-electron chi connectivity index (χ0n) is 19.3. The van der Waals surface area contributed by atoms with Crippen molar-refractivity contribution in [3.05, 3.63) is 48.4 Å². The summed E-state index contributed by atoms with van der Waals surface area (Å²) in [5, 5.41) is 14.7. The highest BCUT2D eigenvalue weighted by Gasteiger charge is 2.45. The van der Waals surface area contributed by atoms with Gasteiger partial charge in [0.2, 0.25) is 5.91 Å². The van der Waals surface area contributed by atoms with E-state index in [0.29, 0.717) is 30.4 Å². The van der Waals surface area contributed by atoms with Crippen LogP contribution in [0.3, 0.4) is 0 Å². The minimum absolute atomic E-state index is 0.133. The lowest BCUT2D eigenvalue weighted by molar-refractivity contribution is -0.123. The number of aromatic nitrogens is 1. The van der Waals surface area contributed by atoms with Gasteiger partial charge in [0.15, 0.2) is 5.58 Å². The van der Waals surface area contributed by atoms with E-state index in [-0.39, 0.29) is 17.7 Å². The number of nitriles is 1. The van der Waals surface area contributed by atoms with Crippen LogP contribution in [-0.4, -0.2) is 38.8 Å².